The second-order valence-corrected chi connectivity index (χ2v) is 14.9. The van der Waals surface area contributed by atoms with Crippen LogP contribution < -0.4 is 0 Å². The molecule has 2 saturated heterocycles. The van der Waals surface area contributed by atoms with Crippen LogP contribution in [0.15, 0.2) is 91.0 Å². The molecule has 42 heavy (non-hydrogen) atoms. The molecule has 3 aromatic carbocycles. The highest BCUT2D eigenvalue weighted by atomic mass is 16.5. The summed E-state index contributed by atoms with van der Waals surface area (Å²) in [6.45, 7) is 0. The molecule has 0 N–H and O–H groups in total. The fraction of sp³-hybridized carbons (Fsp3) is 0.550. The van der Waals surface area contributed by atoms with Crippen molar-refractivity contribution in [3.63, 3.8) is 0 Å². The average molecular weight is 558 g/mol. The number of benzene rings is 3. The number of rotatable bonds is 3. The van der Waals surface area contributed by atoms with Gasteiger partial charge in [0.05, 0.1) is 12.2 Å². The predicted octanol–water partition coefficient (Wildman–Crippen LogP) is 8.95. The van der Waals surface area contributed by atoms with Crippen LogP contribution in [0.3, 0.4) is 0 Å². The maximum absolute atomic E-state index is 7.40. The first-order valence-corrected chi connectivity index (χ1v) is 17.4. The Bertz CT molecular complexity index is 1360. The van der Waals surface area contributed by atoms with E-state index in [2.05, 4.69) is 95.9 Å². The highest BCUT2D eigenvalue weighted by molar-refractivity contribution is 5.27. The lowest BCUT2D eigenvalue weighted by atomic mass is 9.49. The van der Waals surface area contributed by atoms with Crippen molar-refractivity contribution < 1.29 is 4.74 Å². The van der Waals surface area contributed by atoms with Gasteiger partial charge in [-0.15, -0.1) is 0 Å². The Kier molecular flexibility index (Phi) is 6.59. The van der Waals surface area contributed by atoms with Crippen molar-refractivity contribution in [1.29, 1.82) is 0 Å². The van der Waals surface area contributed by atoms with Gasteiger partial charge in [0.15, 0.2) is 0 Å². The fourth-order valence-electron chi connectivity index (χ4n) is 11.8. The molecule has 12 unspecified atom stereocenters. The summed E-state index contributed by atoms with van der Waals surface area (Å²) in [5, 5.41) is 0. The van der Waals surface area contributed by atoms with Gasteiger partial charge in [0, 0.05) is 18.1 Å². The Morgan fingerprint density at radius 3 is 1.86 bits per heavy atom. The number of hydrogen-bond donors (Lipinski definition) is 0. The fourth-order valence-corrected chi connectivity index (χ4v) is 11.8. The molecule has 12 atom stereocenters. The van der Waals surface area contributed by atoms with Crippen LogP contribution in [0.25, 0.3) is 0 Å². The number of nitrogens with zero attached hydrogens (tertiary/aromatic N) is 1. The Hall–Kier alpha value is -2.42. The zero-order chi connectivity index (χ0) is 27.6. The van der Waals surface area contributed by atoms with Gasteiger partial charge in [0.25, 0.3) is 0 Å². The molecule has 4 saturated carbocycles. The van der Waals surface area contributed by atoms with E-state index in [1.54, 1.807) is 11.1 Å². The third-order valence-corrected chi connectivity index (χ3v) is 13.2. The van der Waals surface area contributed by atoms with Gasteiger partial charge in [-0.05, 0) is 116 Å². The summed E-state index contributed by atoms with van der Waals surface area (Å²) < 4.78 is 7.40. The number of morpholine rings is 1. The van der Waals surface area contributed by atoms with Gasteiger partial charge in [-0.2, -0.15) is 0 Å². The van der Waals surface area contributed by atoms with Crippen molar-refractivity contribution >= 4 is 0 Å². The van der Waals surface area contributed by atoms with Crippen molar-refractivity contribution in [2.24, 2.45) is 23.7 Å². The second kappa shape index (κ2) is 10.6. The minimum absolute atomic E-state index is 0.380. The lowest BCUT2D eigenvalue weighted by Gasteiger charge is -2.69. The van der Waals surface area contributed by atoms with Crippen LogP contribution >= 0.6 is 0 Å². The summed E-state index contributed by atoms with van der Waals surface area (Å²) in [5.41, 5.74) is 4.70. The summed E-state index contributed by atoms with van der Waals surface area (Å²) in [7, 11) is 0. The van der Waals surface area contributed by atoms with Crippen molar-refractivity contribution in [1.82, 2.24) is 4.90 Å². The SMILES string of the molecule is c1ccc(C2CCC3C(C2)OC2CC(c4ccccc4)CC4C5CCCC6C(c7ccccc7)CCC(C65)N3C24)cc1. The lowest BCUT2D eigenvalue weighted by molar-refractivity contribution is -0.251. The van der Waals surface area contributed by atoms with Crippen LogP contribution in [0.1, 0.15) is 98.7 Å². The Balaban J connectivity index is 1.10. The van der Waals surface area contributed by atoms with Crippen molar-refractivity contribution in [2.75, 3.05) is 0 Å². The van der Waals surface area contributed by atoms with E-state index in [4.69, 9.17) is 4.74 Å². The Morgan fingerprint density at radius 2 is 1.12 bits per heavy atom. The van der Waals surface area contributed by atoms with Gasteiger partial charge in [0.2, 0.25) is 0 Å². The maximum atomic E-state index is 7.40. The first-order chi connectivity index (χ1) is 20.8. The monoisotopic (exact) mass is 557 g/mol. The van der Waals surface area contributed by atoms with Crippen molar-refractivity contribution in [2.45, 2.75) is 112 Å². The summed E-state index contributed by atoms with van der Waals surface area (Å²) in [6.07, 6.45) is 14.2. The molecule has 3 aromatic rings. The molecule has 2 heterocycles. The van der Waals surface area contributed by atoms with E-state index in [1.165, 1.54) is 69.8 Å². The molecule has 0 spiro atoms. The molecule has 2 aliphatic heterocycles. The zero-order valence-corrected chi connectivity index (χ0v) is 25.0. The Morgan fingerprint density at radius 1 is 0.500 bits per heavy atom. The van der Waals surface area contributed by atoms with E-state index in [9.17, 15) is 0 Å². The van der Waals surface area contributed by atoms with Crippen LogP contribution in [0, 0.1) is 23.7 Å². The van der Waals surface area contributed by atoms with Gasteiger partial charge in [0.1, 0.15) is 0 Å². The number of hydrogen-bond acceptors (Lipinski definition) is 2. The van der Waals surface area contributed by atoms with Crippen LogP contribution in [0.5, 0.6) is 0 Å². The van der Waals surface area contributed by atoms with Gasteiger partial charge < -0.3 is 4.74 Å². The summed E-state index contributed by atoms with van der Waals surface area (Å²) >= 11 is 0. The molecule has 4 aliphatic carbocycles. The largest absolute Gasteiger partial charge is 0.372 e. The van der Waals surface area contributed by atoms with E-state index in [0.29, 0.717) is 36.1 Å². The van der Waals surface area contributed by atoms with Crippen LogP contribution in [0.2, 0.25) is 0 Å². The Labute approximate surface area is 252 Å². The quantitative estimate of drug-likeness (QED) is 0.319. The van der Waals surface area contributed by atoms with Gasteiger partial charge in [-0.3, -0.25) is 4.90 Å². The topological polar surface area (TPSA) is 12.5 Å². The molecule has 2 heteroatoms. The van der Waals surface area contributed by atoms with Crippen molar-refractivity contribution in [3.05, 3.63) is 108 Å². The third-order valence-electron chi connectivity index (χ3n) is 13.2. The minimum atomic E-state index is 0.380. The van der Waals surface area contributed by atoms with Gasteiger partial charge >= 0.3 is 0 Å². The van der Waals surface area contributed by atoms with E-state index < -0.39 is 0 Å². The van der Waals surface area contributed by atoms with E-state index >= 15 is 0 Å². The average Bonchev–Trinajstić information content (AvgIpc) is 3.07. The minimum Gasteiger partial charge on any atom is -0.372 e. The van der Waals surface area contributed by atoms with Crippen LogP contribution in [-0.2, 0) is 4.74 Å². The molecule has 0 bridgehead atoms. The molecular weight excluding hydrogens is 510 g/mol. The smallest absolute Gasteiger partial charge is 0.0743 e. The summed E-state index contributed by atoms with van der Waals surface area (Å²) in [6, 6.07) is 36.5. The number of piperidine rings is 1. The van der Waals surface area contributed by atoms with Gasteiger partial charge in [-0.1, -0.05) is 97.4 Å². The highest BCUT2D eigenvalue weighted by Crippen LogP contribution is 2.62. The highest BCUT2D eigenvalue weighted by Gasteiger charge is 2.63. The maximum Gasteiger partial charge on any atom is 0.0743 e. The first kappa shape index (κ1) is 26.0. The molecule has 6 fully saturated rings. The second-order valence-electron chi connectivity index (χ2n) is 14.9. The summed E-state index contributed by atoms with van der Waals surface area (Å²) in [4.78, 5) is 3.21. The molecule has 6 aliphatic rings. The van der Waals surface area contributed by atoms with E-state index in [-0.39, 0.29) is 0 Å². The number of ether oxygens (including phenoxy) is 1. The molecule has 218 valence electrons. The predicted molar refractivity (Wildman–Crippen MR) is 170 cm³/mol. The molecule has 9 rings (SSSR count). The van der Waals surface area contributed by atoms with Gasteiger partial charge in [-0.25, -0.2) is 0 Å². The van der Waals surface area contributed by atoms with Crippen LogP contribution in [0.4, 0.5) is 0 Å². The third kappa shape index (κ3) is 4.19. The first-order valence-electron chi connectivity index (χ1n) is 17.4. The number of fused-ring (bicyclic) bond motifs is 4. The van der Waals surface area contributed by atoms with Crippen molar-refractivity contribution in [3.8, 4) is 0 Å². The molecule has 2 nitrogen and oxygen atoms in total. The summed E-state index contributed by atoms with van der Waals surface area (Å²) in [5.74, 6) is 5.39. The van der Waals surface area contributed by atoms with E-state index in [1.807, 2.05) is 0 Å². The molecular formula is C40H47NO. The standard InChI is InChI=1S/C40H47NO/c1-4-11-26(12-5-1)29-19-21-35-37(24-29)42-38-25-30(27-13-6-2-7-14-27)23-34-33-18-10-17-32-31(28-15-8-3-9-16-28)20-22-36(39(32)33)41(35)40(34)38/h1-9,11-16,29-40H,10,17-25H2. The zero-order valence-electron chi connectivity index (χ0n) is 25.0. The molecule has 0 aromatic heterocycles. The lowest BCUT2D eigenvalue weighted by Crippen LogP contribution is -2.74. The molecule has 0 radical (unpaired) electrons. The normalized spacial score (nSPS) is 42.6. The van der Waals surface area contributed by atoms with Crippen LogP contribution in [-0.4, -0.2) is 35.2 Å². The van der Waals surface area contributed by atoms with E-state index in [0.717, 1.165) is 35.6 Å². The molecule has 0 amide bonds.